The molecular formula is C74H101N11O14S2. The fraction of sp³-hybridized carbons (Fsp3) is 0.486. The van der Waals surface area contributed by atoms with Crippen LogP contribution in [0.4, 0.5) is 4.79 Å². The zero-order valence-corrected chi connectivity index (χ0v) is 61.7. The van der Waals surface area contributed by atoms with Gasteiger partial charge >= 0.3 is 12.1 Å². The predicted octanol–water partition coefficient (Wildman–Crippen LogP) is 5.05. The van der Waals surface area contributed by atoms with Gasteiger partial charge in [-0.1, -0.05) is 190 Å². The number of nitrogens with zero attached hydrogens (tertiary/aromatic N) is 5. The highest BCUT2D eigenvalue weighted by Gasteiger charge is 2.40. The van der Waals surface area contributed by atoms with Gasteiger partial charge in [-0.2, -0.15) is 0 Å². The molecule has 0 spiro atoms. The standard InChI is InChI=1S/C74H101N11O14S2/c1-14-39-98-73(97)80-58(47-100-101-74(6,7)8)65(89)75-38-28-27-37-55-71(95)85(13)59(40-48(2)3)67(91)78-56(41-51-29-19-15-20-30-51)70(94)81(9)45-62(86)83(11)60(43-53-33-23-17-24-34-53)66(90)76-49(4)69(93)82(10)50(5)64(88)79-57(42-52-31-21-16-22-32-52)72(96)99-46-63(87)84(12)61(68(92)77-55)44-54-35-25-18-26-36-54/h14-26,29-36,48-50,55-61H,1,27-28,37-47H2,2-13H3,(H,75,89)(H,76,90)(H,77,92)(H,78,91)(H,79,88)(H,80,97)/t49-,50-,55-,56-,57-,58-,59-,60-,61-/m0/s1. The zero-order valence-electron chi connectivity index (χ0n) is 60.1. The van der Waals surface area contributed by atoms with Gasteiger partial charge in [0.15, 0.2) is 6.61 Å². The van der Waals surface area contributed by atoms with Crippen LogP contribution in [0.15, 0.2) is 134 Å². The molecule has 0 bridgehead atoms. The predicted molar refractivity (Wildman–Crippen MR) is 389 cm³/mol. The number of esters is 1. The van der Waals surface area contributed by atoms with E-state index in [0.29, 0.717) is 22.3 Å². The van der Waals surface area contributed by atoms with Crippen molar-refractivity contribution in [3.05, 3.63) is 156 Å². The number of benzene rings is 4. The minimum Gasteiger partial charge on any atom is -0.454 e. The second-order valence-electron chi connectivity index (χ2n) is 26.6. The van der Waals surface area contributed by atoms with Gasteiger partial charge in [0.1, 0.15) is 61.0 Å². The van der Waals surface area contributed by atoms with Gasteiger partial charge in [-0.25, -0.2) is 9.59 Å². The molecule has 101 heavy (non-hydrogen) atoms. The lowest BCUT2D eigenvalue weighted by Gasteiger charge is -2.35. The van der Waals surface area contributed by atoms with Crippen molar-refractivity contribution in [1.82, 2.24) is 56.4 Å². The van der Waals surface area contributed by atoms with Gasteiger partial charge in [0.25, 0.3) is 5.91 Å². The van der Waals surface area contributed by atoms with Gasteiger partial charge in [-0.3, -0.25) is 47.9 Å². The number of nitrogens with one attached hydrogen (secondary N) is 6. The normalized spacial score (nSPS) is 21.6. The molecule has 1 heterocycles. The van der Waals surface area contributed by atoms with Crippen molar-refractivity contribution in [3.63, 3.8) is 0 Å². The molecular weight excluding hydrogens is 1330 g/mol. The first-order valence-corrected chi connectivity index (χ1v) is 36.2. The van der Waals surface area contributed by atoms with Crippen LogP contribution in [-0.2, 0) is 87.9 Å². The molecule has 1 saturated heterocycles. The quantitative estimate of drug-likeness (QED) is 0.0259. The van der Waals surface area contributed by atoms with E-state index in [4.69, 9.17) is 9.47 Å². The number of amides is 11. The summed E-state index contributed by atoms with van der Waals surface area (Å²) in [6.07, 6.45) is 0.688. The van der Waals surface area contributed by atoms with E-state index in [1.54, 1.807) is 121 Å². The van der Waals surface area contributed by atoms with Crippen LogP contribution in [0.2, 0.25) is 0 Å². The third kappa shape index (κ3) is 27.0. The Morgan fingerprint density at radius 2 is 1.07 bits per heavy atom. The van der Waals surface area contributed by atoms with Gasteiger partial charge in [-0.05, 0) is 67.7 Å². The molecule has 6 N–H and O–H groups in total. The number of carbonyl (C=O) groups excluding carboxylic acids is 12. The summed E-state index contributed by atoms with van der Waals surface area (Å²) >= 11 is 0. The average Bonchev–Trinajstić information content (AvgIpc) is 0.836. The Balaban J connectivity index is 1.59. The lowest BCUT2D eigenvalue weighted by atomic mass is 9.98. The Morgan fingerprint density at radius 3 is 1.58 bits per heavy atom. The van der Waals surface area contributed by atoms with Crippen molar-refractivity contribution in [2.24, 2.45) is 5.92 Å². The van der Waals surface area contributed by atoms with Crippen molar-refractivity contribution < 1.29 is 67.0 Å². The maximum Gasteiger partial charge on any atom is 0.408 e. The number of hydrogen-bond donors (Lipinski definition) is 6. The Morgan fingerprint density at radius 1 is 0.594 bits per heavy atom. The van der Waals surface area contributed by atoms with Gasteiger partial charge < -0.3 is 65.9 Å². The van der Waals surface area contributed by atoms with Crippen molar-refractivity contribution in [2.45, 2.75) is 159 Å². The van der Waals surface area contributed by atoms with E-state index in [9.17, 15) is 43.2 Å². The van der Waals surface area contributed by atoms with Crippen LogP contribution in [0.5, 0.6) is 0 Å². The number of cyclic esters (lactones) is 1. The fourth-order valence-electron chi connectivity index (χ4n) is 10.9. The number of likely N-dealkylation sites (N-methyl/N-ethyl adjacent to an activating group) is 5. The smallest absolute Gasteiger partial charge is 0.408 e. The van der Waals surface area contributed by atoms with E-state index in [-0.39, 0.29) is 80.9 Å². The fourth-order valence-corrected chi connectivity index (χ4v) is 13.4. The summed E-state index contributed by atoms with van der Waals surface area (Å²) in [5.74, 6) is -8.30. The molecule has 0 unspecified atom stereocenters. The number of alkyl carbamates (subject to hydrolysis) is 1. The van der Waals surface area contributed by atoms with Crippen LogP contribution < -0.4 is 31.9 Å². The SMILES string of the molecule is C=CCOC(=O)N[C@@H](CSSC(C)(C)C)C(=O)NCCCC[C@@H]1NC(=O)[C@H](Cc2ccccc2)N(C)C(=O)COC(=O)[C@H](Cc2ccccc2)NC(=O)[C@H](C)N(C)C(=O)[C@H](C)NC(=O)[C@H](Cc2ccccc2)N(C)C(=O)CN(C)C(=O)[C@H](Cc2ccccc2)NC(=O)[C@H](CC(C)C)N(C)C1=O. The van der Waals surface area contributed by atoms with Crippen LogP contribution in [0.25, 0.3) is 0 Å². The summed E-state index contributed by atoms with van der Waals surface area (Å²) in [7, 11) is 9.80. The number of rotatable bonds is 22. The van der Waals surface area contributed by atoms with Crippen molar-refractivity contribution in [1.29, 1.82) is 0 Å². The van der Waals surface area contributed by atoms with Gasteiger partial charge in [-0.15, -0.1) is 0 Å². The third-order valence-electron chi connectivity index (χ3n) is 16.9. The number of carbonyl (C=O) groups is 12. The molecule has 1 fully saturated rings. The summed E-state index contributed by atoms with van der Waals surface area (Å²) < 4.78 is 10.6. The second kappa shape index (κ2) is 40.9. The summed E-state index contributed by atoms with van der Waals surface area (Å²) in [5, 5.41) is 16.7. The lowest BCUT2D eigenvalue weighted by molar-refractivity contribution is -0.156. The van der Waals surface area contributed by atoms with Crippen LogP contribution in [0.3, 0.4) is 0 Å². The maximum absolute atomic E-state index is 15.5. The summed E-state index contributed by atoms with van der Waals surface area (Å²) in [6, 6.07) is 23.4. The third-order valence-corrected chi connectivity index (χ3v) is 20.3. The van der Waals surface area contributed by atoms with E-state index in [1.807, 2.05) is 34.6 Å². The molecule has 548 valence electrons. The minimum absolute atomic E-state index is 0.0247. The molecule has 9 atom stereocenters. The number of ether oxygens (including phenoxy) is 2. The maximum atomic E-state index is 15.5. The highest BCUT2D eigenvalue weighted by Crippen LogP contribution is 2.35. The molecule has 25 nitrogen and oxygen atoms in total. The summed E-state index contributed by atoms with van der Waals surface area (Å²) in [4.78, 5) is 179. The van der Waals surface area contributed by atoms with Crippen molar-refractivity contribution >= 4 is 92.7 Å². The molecule has 0 aromatic heterocycles. The van der Waals surface area contributed by atoms with E-state index < -0.39 is 139 Å². The van der Waals surface area contributed by atoms with Gasteiger partial charge in [0.05, 0.1) is 6.54 Å². The molecule has 27 heteroatoms. The topological polar surface area (TPSA) is 312 Å². The van der Waals surface area contributed by atoms with E-state index >= 15 is 14.4 Å². The molecule has 1 aliphatic heterocycles. The lowest BCUT2D eigenvalue weighted by Crippen LogP contribution is -2.60. The zero-order chi connectivity index (χ0) is 74.5. The van der Waals surface area contributed by atoms with E-state index in [1.165, 1.54) is 86.5 Å². The second-order valence-corrected chi connectivity index (χ2v) is 29.8. The molecule has 0 saturated carbocycles. The first-order chi connectivity index (χ1) is 47.9. The van der Waals surface area contributed by atoms with E-state index in [0.717, 1.165) is 14.7 Å². The molecule has 0 radical (unpaired) electrons. The summed E-state index contributed by atoms with van der Waals surface area (Å²) in [5.41, 5.74) is 2.51. The van der Waals surface area contributed by atoms with Crippen LogP contribution >= 0.6 is 21.6 Å². The van der Waals surface area contributed by atoms with Crippen molar-refractivity contribution in [2.75, 3.05) is 67.3 Å². The van der Waals surface area contributed by atoms with Crippen LogP contribution in [0.1, 0.15) is 96.4 Å². The number of unbranched alkanes of at least 4 members (excludes halogenated alkanes) is 1. The Bertz CT molecular complexity index is 3440. The molecule has 1 aliphatic rings. The van der Waals surface area contributed by atoms with Crippen molar-refractivity contribution in [3.8, 4) is 0 Å². The largest absolute Gasteiger partial charge is 0.454 e. The Kier molecular flexibility index (Phi) is 33.4. The van der Waals surface area contributed by atoms with Crippen LogP contribution in [-0.4, -0.2) is 222 Å². The Hall–Kier alpha value is -9.24. The van der Waals surface area contributed by atoms with Crippen LogP contribution in [0, 0.1) is 5.92 Å². The molecule has 0 aliphatic carbocycles. The first-order valence-electron chi connectivity index (χ1n) is 33.8. The highest BCUT2D eigenvalue weighted by atomic mass is 33.1. The van der Waals surface area contributed by atoms with Gasteiger partial charge in [0, 0.05) is 78.0 Å². The average molecular weight is 1430 g/mol. The summed E-state index contributed by atoms with van der Waals surface area (Å²) in [6.45, 7) is 14.6. The molecule has 4 aromatic carbocycles. The Labute approximate surface area is 601 Å². The molecule has 11 amide bonds. The highest BCUT2D eigenvalue weighted by molar-refractivity contribution is 8.77. The molecule has 4 aromatic rings. The number of hydrogen-bond acceptors (Lipinski definition) is 16. The minimum atomic E-state index is -1.43. The van der Waals surface area contributed by atoms with Gasteiger partial charge in [0.2, 0.25) is 53.2 Å². The first kappa shape index (κ1) is 82.4. The van der Waals surface area contributed by atoms with E-state index in [2.05, 4.69) is 38.5 Å². The molecule has 5 rings (SSSR count). The monoisotopic (exact) mass is 1430 g/mol.